The van der Waals surface area contributed by atoms with Gasteiger partial charge in [-0.2, -0.15) is 0 Å². The minimum atomic E-state index is -0.403. The summed E-state index contributed by atoms with van der Waals surface area (Å²) in [5, 5.41) is 3.33. The van der Waals surface area contributed by atoms with E-state index in [0.29, 0.717) is 6.61 Å². The minimum absolute atomic E-state index is 0.0335. The molecule has 98 valence electrons. The van der Waals surface area contributed by atoms with Crippen LogP contribution in [0, 0.1) is 5.92 Å². The van der Waals surface area contributed by atoms with Gasteiger partial charge in [-0.15, -0.1) is 0 Å². The Labute approximate surface area is 104 Å². The number of nitrogens with one attached hydrogen (secondary N) is 1. The number of nitrogens with zero attached hydrogens (tertiary/aromatic N) is 1. The second-order valence-electron chi connectivity index (χ2n) is 5.38. The monoisotopic (exact) mass is 240 g/mol. The second kappa shape index (κ2) is 5.36. The fourth-order valence-electron chi connectivity index (χ4n) is 2.67. The van der Waals surface area contributed by atoms with Gasteiger partial charge < -0.3 is 10.1 Å². The first-order chi connectivity index (χ1) is 8.16. The molecule has 0 spiro atoms. The molecule has 4 nitrogen and oxygen atoms in total. The zero-order valence-corrected chi connectivity index (χ0v) is 11.0. The van der Waals surface area contributed by atoms with Gasteiger partial charge >= 0.3 is 5.97 Å². The van der Waals surface area contributed by atoms with Gasteiger partial charge in [0, 0.05) is 26.2 Å². The molecule has 0 aromatic heterocycles. The highest BCUT2D eigenvalue weighted by Crippen LogP contribution is 2.39. The van der Waals surface area contributed by atoms with E-state index in [9.17, 15) is 4.79 Å². The summed E-state index contributed by atoms with van der Waals surface area (Å²) in [6.45, 7) is 8.26. The molecule has 0 bridgehead atoms. The van der Waals surface area contributed by atoms with E-state index < -0.39 is 5.54 Å². The molecular weight excluding hydrogens is 216 g/mol. The number of rotatable bonds is 5. The highest BCUT2D eigenvalue weighted by atomic mass is 16.5. The fraction of sp³-hybridized carbons (Fsp3) is 0.923. The van der Waals surface area contributed by atoms with Crippen LogP contribution in [0.25, 0.3) is 0 Å². The van der Waals surface area contributed by atoms with Crippen LogP contribution < -0.4 is 5.32 Å². The molecule has 2 aliphatic rings. The van der Waals surface area contributed by atoms with Crippen molar-refractivity contribution in [2.24, 2.45) is 5.92 Å². The summed E-state index contributed by atoms with van der Waals surface area (Å²) in [5.74, 6) is 0.702. The van der Waals surface area contributed by atoms with Crippen LogP contribution >= 0.6 is 0 Å². The maximum absolute atomic E-state index is 12.2. The van der Waals surface area contributed by atoms with Crippen molar-refractivity contribution in [2.45, 2.75) is 38.6 Å². The van der Waals surface area contributed by atoms with Crippen LogP contribution in [-0.2, 0) is 9.53 Å². The summed E-state index contributed by atoms with van der Waals surface area (Å²) in [5.41, 5.74) is -0.403. The maximum atomic E-state index is 12.2. The molecule has 4 heteroatoms. The van der Waals surface area contributed by atoms with Crippen molar-refractivity contribution >= 4 is 5.97 Å². The van der Waals surface area contributed by atoms with Crippen LogP contribution in [0.1, 0.15) is 33.1 Å². The molecule has 0 amide bonds. The van der Waals surface area contributed by atoms with Gasteiger partial charge in [0.15, 0.2) is 0 Å². The van der Waals surface area contributed by atoms with Crippen LogP contribution in [0.2, 0.25) is 0 Å². The molecule has 1 aliphatic carbocycles. The third-order valence-corrected chi connectivity index (χ3v) is 3.91. The van der Waals surface area contributed by atoms with Gasteiger partial charge in [-0.05, 0) is 26.2 Å². The van der Waals surface area contributed by atoms with E-state index in [-0.39, 0.29) is 5.97 Å². The Morgan fingerprint density at radius 3 is 2.59 bits per heavy atom. The normalized spacial score (nSPS) is 25.3. The van der Waals surface area contributed by atoms with Crippen molar-refractivity contribution in [1.29, 1.82) is 0 Å². The third kappa shape index (κ3) is 2.99. The minimum Gasteiger partial charge on any atom is -0.465 e. The Balaban J connectivity index is 2.05. The van der Waals surface area contributed by atoms with E-state index in [4.69, 9.17) is 4.74 Å². The van der Waals surface area contributed by atoms with Crippen LogP contribution in [0.5, 0.6) is 0 Å². The van der Waals surface area contributed by atoms with Gasteiger partial charge in [0.1, 0.15) is 5.54 Å². The number of hydrogen-bond donors (Lipinski definition) is 1. The molecule has 0 radical (unpaired) electrons. The topological polar surface area (TPSA) is 41.6 Å². The number of ether oxygens (including phenoxy) is 1. The summed E-state index contributed by atoms with van der Waals surface area (Å²) in [6.07, 6.45) is 3.52. The quantitative estimate of drug-likeness (QED) is 0.728. The molecule has 0 aromatic rings. The summed E-state index contributed by atoms with van der Waals surface area (Å²) < 4.78 is 5.29. The van der Waals surface area contributed by atoms with E-state index in [0.717, 1.165) is 38.5 Å². The lowest BCUT2D eigenvalue weighted by molar-refractivity contribution is -0.158. The molecule has 1 aliphatic heterocycles. The molecule has 0 aromatic carbocycles. The standard InChI is InChI=1S/C13H24N2O2/c1-3-17-12(16)13(2,10-11-4-5-11)15-8-6-14-7-9-15/h11,14H,3-10H2,1-2H3. The van der Waals surface area contributed by atoms with Gasteiger partial charge in [0.25, 0.3) is 0 Å². The molecule has 2 fully saturated rings. The van der Waals surface area contributed by atoms with Crippen LogP contribution in [0.15, 0.2) is 0 Å². The predicted octanol–water partition coefficient (Wildman–Crippen LogP) is 1.01. The average Bonchev–Trinajstić information content (AvgIpc) is 3.14. The van der Waals surface area contributed by atoms with Crippen LogP contribution in [0.3, 0.4) is 0 Å². The zero-order valence-electron chi connectivity index (χ0n) is 11.0. The lowest BCUT2D eigenvalue weighted by Crippen LogP contribution is -2.59. The van der Waals surface area contributed by atoms with Crippen molar-refractivity contribution in [3.63, 3.8) is 0 Å². The summed E-state index contributed by atoms with van der Waals surface area (Å²) in [4.78, 5) is 14.5. The second-order valence-corrected chi connectivity index (χ2v) is 5.38. The van der Waals surface area contributed by atoms with Crippen LogP contribution in [-0.4, -0.2) is 49.2 Å². The van der Waals surface area contributed by atoms with Crippen molar-refractivity contribution in [3.05, 3.63) is 0 Å². The molecule has 1 heterocycles. The molecular formula is C13H24N2O2. The van der Waals surface area contributed by atoms with E-state index in [2.05, 4.69) is 17.1 Å². The number of carbonyl (C=O) groups is 1. The van der Waals surface area contributed by atoms with Crippen molar-refractivity contribution in [1.82, 2.24) is 10.2 Å². The van der Waals surface area contributed by atoms with Gasteiger partial charge in [-0.25, -0.2) is 0 Å². The average molecular weight is 240 g/mol. The van der Waals surface area contributed by atoms with E-state index in [1.54, 1.807) is 0 Å². The van der Waals surface area contributed by atoms with Gasteiger partial charge in [-0.1, -0.05) is 12.8 Å². The SMILES string of the molecule is CCOC(=O)C(C)(CC1CC1)N1CCNCC1. The molecule has 1 saturated heterocycles. The summed E-state index contributed by atoms with van der Waals surface area (Å²) in [6, 6.07) is 0. The molecule has 1 saturated carbocycles. The Hall–Kier alpha value is -0.610. The highest BCUT2D eigenvalue weighted by Gasteiger charge is 2.44. The number of piperazine rings is 1. The van der Waals surface area contributed by atoms with E-state index in [1.807, 2.05) is 6.92 Å². The lowest BCUT2D eigenvalue weighted by Gasteiger charge is -2.41. The number of esters is 1. The molecule has 1 unspecified atom stereocenters. The molecule has 1 N–H and O–H groups in total. The first-order valence-corrected chi connectivity index (χ1v) is 6.80. The largest absolute Gasteiger partial charge is 0.465 e. The van der Waals surface area contributed by atoms with Crippen molar-refractivity contribution in [2.75, 3.05) is 32.8 Å². The number of hydrogen-bond acceptors (Lipinski definition) is 4. The van der Waals surface area contributed by atoms with E-state index in [1.165, 1.54) is 12.8 Å². The first kappa shape index (κ1) is 12.8. The fourth-order valence-corrected chi connectivity index (χ4v) is 2.67. The number of carbonyl (C=O) groups excluding carboxylic acids is 1. The van der Waals surface area contributed by atoms with Gasteiger partial charge in [0.05, 0.1) is 6.61 Å². The van der Waals surface area contributed by atoms with Gasteiger partial charge in [-0.3, -0.25) is 9.69 Å². The van der Waals surface area contributed by atoms with Crippen molar-refractivity contribution in [3.8, 4) is 0 Å². The molecule has 2 rings (SSSR count). The molecule has 1 atom stereocenters. The van der Waals surface area contributed by atoms with Gasteiger partial charge in [0.2, 0.25) is 0 Å². The Morgan fingerprint density at radius 1 is 1.41 bits per heavy atom. The first-order valence-electron chi connectivity index (χ1n) is 6.80. The lowest BCUT2D eigenvalue weighted by atomic mass is 9.91. The smallest absolute Gasteiger partial charge is 0.326 e. The van der Waals surface area contributed by atoms with Crippen LogP contribution in [0.4, 0.5) is 0 Å². The predicted molar refractivity (Wildman–Crippen MR) is 66.8 cm³/mol. The zero-order chi connectivity index (χ0) is 12.3. The Bertz CT molecular complexity index is 273. The maximum Gasteiger partial charge on any atom is 0.326 e. The van der Waals surface area contributed by atoms with Crippen molar-refractivity contribution < 1.29 is 9.53 Å². The highest BCUT2D eigenvalue weighted by molar-refractivity contribution is 5.80. The Morgan fingerprint density at radius 2 is 2.06 bits per heavy atom. The third-order valence-electron chi connectivity index (χ3n) is 3.91. The van der Waals surface area contributed by atoms with E-state index >= 15 is 0 Å². The Kier molecular flexibility index (Phi) is 4.05. The summed E-state index contributed by atoms with van der Waals surface area (Å²) in [7, 11) is 0. The molecule has 17 heavy (non-hydrogen) atoms. The summed E-state index contributed by atoms with van der Waals surface area (Å²) >= 11 is 0.